The van der Waals surface area contributed by atoms with Gasteiger partial charge in [0.15, 0.2) is 0 Å². The van der Waals surface area contributed by atoms with E-state index in [-0.39, 0.29) is 11.2 Å². The molecule has 0 atom stereocenters. The zero-order valence-corrected chi connectivity index (χ0v) is 12.6. The van der Waals surface area contributed by atoms with Crippen molar-refractivity contribution in [2.24, 2.45) is 0 Å². The molecular formula is C14H15ClF2N2O2. The van der Waals surface area contributed by atoms with Gasteiger partial charge < -0.3 is 14.8 Å². The molecule has 0 spiro atoms. The van der Waals surface area contributed by atoms with Crippen LogP contribution in [0.3, 0.4) is 0 Å². The number of methoxy groups -OCH3 is 2. The summed E-state index contributed by atoms with van der Waals surface area (Å²) in [5.74, 6) is 0.689. The Labute approximate surface area is 126 Å². The first-order valence-electron chi connectivity index (χ1n) is 6.30. The molecule has 7 heteroatoms. The molecule has 0 aliphatic carbocycles. The lowest BCUT2D eigenvalue weighted by molar-refractivity contribution is 0.146. The Morgan fingerprint density at radius 3 is 2.52 bits per heavy atom. The highest BCUT2D eigenvalue weighted by Gasteiger charge is 2.20. The summed E-state index contributed by atoms with van der Waals surface area (Å²) in [6, 6.07) is 2.80. The molecule has 1 aromatic heterocycles. The van der Waals surface area contributed by atoms with Crippen LogP contribution in [-0.2, 0) is 0 Å². The lowest BCUT2D eigenvalue weighted by atomic mass is 10.1. The number of halogens is 3. The number of rotatable bonds is 5. The predicted molar refractivity (Wildman–Crippen MR) is 79.0 cm³/mol. The van der Waals surface area contributed by atoms with E-state index in [2.05, 4.69) is 10.3 Å². The van der Waals surface area contributed by atoms with E-state index in [0.29, 0.717) is 34.1 Å². The molecule has 1 heterocycles. The molecule has 0 bridgehead atoms. The van der Waals surface area contributed by atoms with Gasteiger partial charge in [-0.3, -0.25) is 0 Å². The molecule has 114 valence electrons. The van der Waals surface area contributed by atoms with E-state index in [9.17, 15) is 8.78 Å². The second-order valence-electron chi connectivity index (χ2n) is 4.24. The second kappa shape index (κ2) is 6.30. The van der Waals surface area contributed by atoms with E-state index in [0.717, 1.165) is 0 Å². The van der Waals surface area contributed by atoms with Crippen molar-refractivity contribution < 1.29 is 18.3 Å². The van der Waals surface area contributed by atoms with Gasteiger partial charge in [-0.2, -0.15) is 0 Å². The number of hydrogen-bond donors (Lipinski definition) is 1. The average Bonchev–Trinajstić information content (AvgIpc) is 2.46. The van der Waals surface area contributed by atoms with Crippen LogP contribution in [0.2, 0.25) is 5.02 Å². The van der Waals surface area contributed by atoms with Gasteiger partial charge in [0.1, 0.15) is 22.7 Å². The molecule has 0 aliphatic rings. The van der Waals surface area contributed by atoms with E-state index in [1.807, 2.05) is 6.92 Å². The summed E-state index contributed by atoms with van der Waals surface area (Å²) < 4.78 is 36.5. The third-order valence-corrected chi connectivity index (χ3v) is 3.27. The molecule has 0 saturated heterocycles. The average molecular weight is 317 g/mol. The summed E-state index contributed by atoms with van der Waals surface area (Å²) in [6.45, 7) is 2.42. The number of nitrogens with zero attached hydrogens (tertiary/aromatic N) is 1. The number of nitrogens with one attached hydrogen (secondary N) is 1. The smallest absolute Gasteiger partial charge is 0.280 e. The van der Waals surface area contributed by atoms with Crippen LogP contribution in [-0.4, -0.2) is 25.7 Å². The van der Waals surface area contributed by atoms with E-state index >= 15 is 0 Å². The Bertz CT molecular complexity index is 665. The van der Waals surface area contributed by atoms with Crippen LogP contribution in [0.1, 0.15) is 19.0 Å². The van der Waals surface area contributed by atoms with Crippen molar-refractivity contribution in [3.05, 3.63) is 22.8 Å². The molecule has 2 aromatic rings. The van der Waals surface area contributed by atoms with Gasteiger partial charge in [0.05, 0.1) is 24.6 Å². The SMILES string of the molecule is CCNc1cc(C(F)F)nc2c(OC)cc(Cl)c(OC)c12. The summed E-state index contributed by atoms with van der Waals surface area (Å²) in [4.78, 5) is 3.98. The van der Waals surface area contributed by atoms with Gasteiger partial charge in [-0.1, -0.05) is 11.6 Å². The summed E-state index contributed by atoms with van der Waals surface area (Å²) in [6.07, 6.45) is -2.68. The van der Waals surface area contributed by atoms with E-state index < -0.39 is 6.43 Å². The van der Waals surface area contributed by atoms with Crippen molar-refractivity contribution in [1.29, 1.82) is 0 Å². The topological polar surface area (TPSA) is 43.4 Å². The Balaban J connectivity index is 2.90. The Hall–Kier alpha value is -1.82. The van der Waals surface area contributed by atoms with Crippen LogP contribution in [0, 0.1) is 0 Å². The van der Waals surface area contributed by atoms with Crippen LogP contribution in [0.5, 0.6) is 11.5 Å². The van der Waals surface area contributed by atoms with Gasteiger partial charge in [0.25, 0.3) is 6.43 Å². The highest BCUT2D eigenvalue weighted by Crippen LogP contribution is 2.43. The summed E-state index contributed by atoms with van der Waals surface area (Å²) in [5, 5.41) is 3.88. The fourth-order valence-electron chi connectivity index (χ4n) is 2.14. The first kappa shape index (κ1) is 15.6. The van der Waals surface area contributed by atoms with Crippen molar-refractivity contribution in [3.8, 4) is 11.5 Å². The number of hydrogen-bond acceptors (Lipinski definition) is 4. The quantitative estimate of drug-likeness (QED) is 0.894. The molecule has 0 fully saturated rings. The van der Waals surface area contributed by atoms with Crippen LogP contribution in [0.4, 0.5) is 14.5 Å². The van der Waals surface area contributed by atoms with Crippen molar-refractivity contribution in [3.63, 3.8) is 0 Å². The van der Waals surface area contributed by atoms with Gasteiger partial charge in [0, 0.05) is 18.3 Å². The Morgan fingerprint density at radius 2 is 2.00 bits per heavy atom. The molecule has 1 N–H and O–H groups in total. The lowest BCUT2D eigenvalue weighted by Crippen LogP contribution is -2.03. The third-order valence-electron chi connectivity index (χ3n) is 2.99. The number of aromatic nitrogens is 1. The van der Waals surface area contributed by atoms with Crippen molar-refractivity contribution in [1.82, 2.24) is 4.98 Å². The van der Waals surface area contributed by atoms with Crippen LogP contribution < -0.4 is 14.8 Å². The maximum atomic E-state index is 13.0. The molecule has 2 rings (SSSR count). The highest BCUT2D eigenvalue weighted by atomic mass is 35.5. The Morgan fingerprint density at radius 1 is 1.29 bits per heavy atom. The van der Waals surface area contributed by atoms with Crippen LogP contribution in [0.25, 0.3) is 10.9 Å². The van der Waals surface area contributed by atoms with Crippen molar-refractivity contribution in [2.45, 2.75) is 13.3 Å². The highest BCUT2D eigenvalue weighted by molar-refractivity contribution is 6.34. The molecule has 4 nitrogen and oxygen atoms in total. The predicted octanol–water partition coefficient (Wildman–Crippen LogP) is 4.27. The van der Waals surface area contributed by atoms with Gasteiger partial charge in [0.2, 0.25) is 0 Å². The molecule has 0 unspecified atom stereocenters. The minimum Gasteiger partial charge on any atom is -0.494 e. The second-order valence-corrected chi connectivity index (χ2v) is 4.65. The first-order chi connectivity index (χ1) is 10.0. The minimum absolute atomic E-state index is 0.285. The van der Waals surface area contributed by atoms with E-state index in [1.54, 1.807) is 0 Å². The molecular weight excluding hydrogens is 302 g/mol. The molecule has 21 heavy (non-hydrogen) atoms. The summed E-state index contributed by atoms with van der Waals surface area (Å²) in [5.41, 5.74) is 0.434. The number of ether oxygens (including phenoxy) is 2. The maximum Gasteiger partial charge on any atom is 0.280 e. The molecule has 0 amide bonds. The van der Waals surface area contributed by atoms with Crippen molar-refractivity contribution in [2.75, 3.05) is 26.1 Å². The number of anilines is 1. The Kier molecular flexibility index (Phi) is 4.67. The minimum atomic E-state index is -2.68. The van der Waals surface area contributed by atoms with Gasteiger partial charge in [-0.15, -0.1) is 0 Å². The van der Waals surface area contributed by atoms with Gasteiger partial charge >= 0.3 is 0 Å². The number of fused-ring (bicyclic) bond motifs is 1. The van der Waals surface area contributed by atoms with Crippen molar-refractivity contribution >= 4 is 28.2 Å². The standard InChI is InChI=1S/C14H15ClF2N2O2/c1-4-18-8-6-9(14(16)17)19-12-10(20-2)5-7(15)13(21-3)11(8)12/h5-6,14H,4H2,1-3H3,(H,18,19). The fraction of sp³-hybridized carbons (Fsp3) is 0.357. The molecule has 0 saturated carbocycles. The van der Waals surface area contributed by atoms with Gasteiger partial charge in [-0.25, -0.2) is 13.8 Å². The zero-order valence-electron chi connectivity index (χ0n) is 11.8. The number of pyridine rings is 1. The lowest BCUT2D eigenvalue weighted by Gasteiger charge is -2.16. The first-order valence-corrected chi connectivity index (χ1v) is 6.68. The molecule has 0 aliphatic heterocycles. The van der Waals surface area contributed by atoms with E-state index in [1.165, 1.54) is 26.4 Å². The summed E-state index contributed by atoms with van der Waals surface area (Å²) >= 11 is 6.15. The molecule has 1 aromatic carbocycles. The van der Waals surface area contributed by atoms with Gasteiger partial charge in [-0.05, 0) is 13.0 Å². The number of benzene rings is 1. The van der Waals surface area contributed by atoms with Crippen LogP contribution >= 0.6 is 11.6 Å². The number of alkyl halides is 2. The maximum absolute atomic E-state index is 13.0. The van der Waals surface area contributed by atoms with Crippen LogP contribution in [0.15, 0.2) is 12.1 Å². The normalized spacial score (nSPS) is 11.0. The summed E-state index contributed by atoms with van der Waals surface area (Å²) in [7, 11) is 2.89. The largest absolute Gasteiger partial charge is 0.494 e. The zero-order chi connectivity index (χ0) is 15.6. The van der Waals surface area contributed by atoms with E-state index in [4.69, 9.17) is 21.1 Å². The third kappa shape index (κ3) is 2.81. The monoisotopic (exact) mass is 316 g/mol. The molecule has 0 radical (unpaired) electrons. The fourth-order valence-corrected chi connectivity index (χ4v) is 2.41.